The van der Waals surface area contributed by atoms with Gasteiger partial charge in [-0.3, -0.25) is 9.88 Å². The van der Waals surface area contributed by atoms with Gasteiger partial charge in [0.15, 0.2) is 0 Å². The minimum absolute atomic E-state index is 0.660. The van der Waals surface area contributed by atoms with Gasteiger partial charge < -0.3 is 15.0 Å². The van der Waals surface area contributed by atoms with E-state index in [4.69, 9.17) is 14.7 Å². The lowest BCUT2D eigenvalue weighted by Gasteiger charge is -2.18. The molecule has 0 unspecified atom stereocenters. The molecule has 0 spiro atoms. The lowest BCUT2D eigenvalue weighted by molar-refractivity contribution is 0.383. The van der Waals surface area contributed by atoms with Gasteiger partial charge in [0, 0.05) is 37.4 Å². The lowest BCUT2D eigenvalue weighted by Crippen LogP contribution is -2.21. The number of aromatic nitrogens is 3. The van der Waals surface area contributed by atoms with Crippen molar-refractivity contribution in [2.24, 2.45) is 0 Å². The van der Waals surface area contributed by atoms with E-state index in [9.17, 15) is 0 Å². The molecule has 2 aromatic heterocycles. The Morgan fingerprint density at radius 1 is 1.00 bits per heavy atom. The van der Waals surface area contributed by atoms with E-state index in [1.54, 1.807) is 19.5 Å². The Balaban J connectivity index is 1.50. The number of hydrogen-bond acceptors (Lipinski definition) is 7. The van der Waals surface area contributed by atoms with Crippen LogP contribution in [0.15, 0.2) is 36.7 Å². The number of likely N-dealkylation sites (tertiary alicyclic amines) is 1. The Hall–Kier alpha value is -3.37. The topological polar surface area (TPSA) is 66.4 Å². The molecule has 33 heavy (non-hydrogen) atoms. The van der Waals surface area contributed by atoms with Crippen molar-refractivity contribution in [1.82, 2.24) is 19.9 Å². The fourth-order valence-corrected chi connectivity index (χ4v) is 4.48. The van der Waals surface area contributed by atoms with Crippen molar-refractivity contribution in [2.45, 2.75) is 32.2 Å². The van der Waals surface area contributed by atoms with Crippen molar-refractivity contribution < 1.29 is 4.74 Å². The highest BCUT2D eigenvalue weighted by Crippen LogP contribution is 2.31. The van der Waals surface area contributed by atoms with Crippen molar-refractivity contribution in [2.75, 3.05) is 50.1 Å². The van der Waals surface area contributed by atoms with Crippen molar-refractivity contribution in [3.8, 4) is 17.6 Å². The number of rotatable bonds is 6. The Kier molecular flexibility index (Phi) is 6.54. The van der Waals surface area contributed by atoms with E-state index in [0.717, 1.165) is 72.3 Å². The molecule has 170 valence electrons. The van der Waals surface area contributed by atoms with Crippen LogP contribution in [0.2, 0.25) is 0 Å². The van der Waals surface area contributed by atoms with E-state index in [1.165, 1.54) is 25.7 Å². The summed E-state index contributed by atoms with van der Waals surface area (Å²) in [5.41, 5.74) is 2.90. The summed E-state index contributed by atoms with van der Waals surface area (Å²) in [6.45, 7) is 5.73. The van der Waals surface area contributed by atoms with Crippen LogP contribution in [0.5, 0.6) is 5.75 Å². The van der Waals surface area contributed by atoms with Crippen LogP contribution in [-0.2, 0) is 6.54 Å². The third kappa shape index (κ3) is 5.01. The Morgan fingerprint density at radius 3 is 2.52 bits per heavy atom. The molecule has 2 aliphatic heterocycles. The van der Waals surface area contributed by atoms with Gasteiger partial charge in [0.1, 0.15) is 11.6 Å². The number of benzene rings is 1. The fraction of sp³-hybridized carbons (Fsp3) is 0.423. The van der Waals surface area contributed by atoms with Gasteiger partial charge in [-0.1, -0.05) is 11.8 Å². The number of hydrogen-bond donors (Lipinski definition) is 1. The van der Waals surface area contributed by atoms with Crippen LogP contribution in [0.4, 0.5) is 11.8 Å². The minimum atomic E-state index is 0.660. The van der Waals surface area contributed by atoms with Crippen molar-refractivity contribution in [3.63, 3.8) is 0 Å². The first kappa shape index (κ1) is 21.5. The zero-order valence-corrected chi connectivity index (χ0v) is 19.2. The minimum Gasteiger partial charge on any atom is -0.495 e. The van der Waals surface area contributed by atoms with Gasteiger partial charge in [0.2, 0.25) is 5.95 Å². The second-order valence-corrected chi connectivity index (χ2v) is 8.63. The van der Waals surface area contributed by atoms with Crippen LogP contribution < -0.4 is 15.0 Å². The number of ether oxygens (including phenoxy) is 1. The third-order valence-corrected chi connectivity index (χ3v) is 6.33. The van der Waals surface area contributed by atoms with Crippen LogP contribution >= 0.6 is 0 Å². The molecule has 4 heterocycles. The summed E-state index contributed by atoms with van der Waals surface area (Å²) in [7, 11) is 1.69. The molecule has 2 aliphatic rings. The van der Waals surface area contributed by atoms with Crippen LogP contribution in [0.1, 0.15) is 36.8 Å². The number of anilines is 2. The summed E-state index contributed by atoms with van der Waals surface area (Å²) in [6.07, 6.45) is 8.51. The SMILES string of the molecule is COc1cc2c(NCc3ccncc3)nc(N3CCCC3)nc2cc1C#CCN1CCCC1. The maximum absolute atomic E-state index is 5.71. The standard InChI is InChI=1S/C26H30N6O/c1-33-24-18-22-23(17-21(24)7-6-14-31-12-2-3-13-31)29-26(32-15-4-5-16-32)30-25(22)28-19-20-8-10-27-11-9-20/h8-11,17-18H,2-5,12-16,19H2,1H3,(H,28,29,30). The molecule has 1 N–H and O–H groups in total. The monoisotopic (exact) mass is 442 g/mol. The highest BCUT2D eigenvalue weighted by Gasteiger charge is 2.19. The quantitative estimate of drug-likeness (QED) is 0.584. The van der Waals surface area contributed by atoms with E-state index < -0.39 is 0 Å². The van der Waals surface area contributed by atoms with Crippen molar-refractivity contribution in [3.05, 3.63) is 47.8 Å². The van der Waals surface area contributed by atoms with E-state index in [2.05, 4.69) is 31.9 Å². The molecular weight excluding hydrogens is 412 g/mol. The summed E-state index contributed by atoms with van der Waals surface area (Å²) < 4.78 is 5.71. The Bertz CT molecular complexity index is 1160. The first-order valence-electron chi connectivity index (χ1n) is 11.8. The van der Waals surface area contributed by atoms with Crippen molar-refractivity contribution >= 4 is 22.7 Å². The second kappa shape index (κ2) is 10.1. The van der Waals surface area contributed by atoms with Crippen LogP contribution in [0.3, 0.4) is 0 Å². The fourth-order valence-electron chi connectivity index (χ4n) is 4.48. The summed E-state index contributed by atoms with van der Waals surface area (Å²) in [6, 6.07) is 8.07. The van der Waals surface area contributed by atoms with Crippen LogP contribution in [0, 0.1) is 11.8 Å². The average Bonchev–Trinajstić information content (AvgIpc) is 3.57. The summed E-state index contributed by atoms with van der Waals surface area (Å²) in [4.78, 5) is 18.6. The number of methoxy groups -OCH3 is 1. The van der Waals surface area contributed by atoms with Gasteiger partial charge in [0.05, 0.1) is 24.7 Å². The predicted octanol–water partition coefficient (Wildman–Crippen LogP) is 3.69. The molecular formula is C26H30N6O. The van der Waals surface area contributed by atoms with Gasteiger partial charge in [-0.2, -0.15) is 4.98 Å². The Morgan fingerprint density at radius 2 is 1.76 bits per heavy atom. The normalized spacial score (nSPS) is 16.1. The summed E-state index contributed by atoms with van der Waals surface area (Å²) in [5.74, 6) is 9.01. The van der Waals surface area contributed by atoms with Gasteiger partial charge in [-0.15, -0.1) is 0 Å². The van der Waals surface area contributed by atoms with Gasteiger partial charge >= 0.3 is 0 Å². The van der Waals surface area contributed by atoms with E-state index in [-0.39, 0.29) is 0 Å². The summed E-state index contributed by atoms with van der Waals surface area (Å²) >= 11 is 0. The maximum atomic E-state index is 5.71. The maximum Gasteiger partial charge on any atom is 0.227 e. The predicted molar refractivity (Wildman–Crippen MR) is 132 cm³/mol. The molecule has 7 nitrogen and oxygen atoms in total. The van der Waals surface area contributed by atoms with E-state index in [0.29, 0.717) is 6.54 Å². The third-order valence-electron chi connectivity index (χ3n) is 6.33. The molecule has 3 aromatic rings. The first-order valence-corrected chi connectivity index (χ1v) is 11.8. The molecule has 0 atom stereocenters. The first-order chi connectivity index (χ1) is 16.3. The average molecular weight is 443 g/mol. The van der Waals surface area contributed by atoms with Crippen LogP contribution in [-0.4, -0.2) is 59.7 Å². The molecule has 0 amide bonds. The molecule has 2 saturated heterocycles. The smallest absolute Gasteiger partial charge is 0.227 e. The number of fused-ring (bicyclic) bond motifs is 1. The van der Waals surface area contributed by atoms with Gasteiger partial charge in [-0.25, -0.2) is 4.98 Å². The van der Waals surface area contributed by atoms with Crippen LogP contribution in [0.25, 0.3) is 10.9 Å². The van der Waals surface area contributed by atoms with E-state index in [1.807, 2.05) is 24.3 Å². The summed E-state index contributed by atoms with van der Waals surface area (Å²) in [5, 5.41) is 4.45. The van der Waals surface area contributed by atoms with Gasteiger partial charge in [0.25, 0.3) is 0 Å². The highest BCUT2D eigenvalue weighted by atomic mass is 16.5. The molecule has 0 saturated carbocycles. The number of pyridine rings is 1. The molecule has 7 heteroatoms. The van der Waals surface area contributed by atoms with Gasteiger partial charge in [-0.05, 0) is 68.6 Å². The van der Waals surface area contributed by atoms with E-state index >= 15 is 0 Å². The zero-order chi connectivity index (χ0) is 22.5. The van der Waals surface area contributed by atoms with Crippen molar-refractivity contribution in [1.29, 1.82) is 0 Å². The lowest BCUT2D eigenvalue weighted by atomic mass is 10.1. The molecule has 0 aliphatic carbocycles. The zero-order valence-electron chi connectivity index (χ0n) is 19.2. The number of nitrogens with one attached hydrogen (secondary N) is 1. The molecule has 0 radical (unpaired) electrons. The molecule has 0 bridgehead atoms. The second-order valence-electron chi connectivity index (χ2n) is 8.63. The number of nitrogens with zero attached hydrogens (tertiary/aromatic N) is 5. The highest BCUT2D eigenvalue weighted by molar-refractivity contribution is 5.92. The largest absolute Gasteiger partial charge is 0.495 e. The molecule has 2 fully saturated rings. The Labute approximate surface area is 195 Å². The molecule has 5 rings (SSSR count). The molecule has 1 aromatic carbocycles.